The molecule has 144 valence electrons. The van der Waals surface area contributed by atoms with Crippen LogP contribution in [0.25, 0.3) is 32.3 Å². The first-order chi connectivity index (χ1) is 13.9. The monoisotopic (exact) mass is 397 g/mol. The molecule has 0 aliphatic rings. The van der Waals surface area contributed by atoms with Gasteiger partial charge in [0.25, 0.3) is 0 Å². The van der Waals surface area contributed by atoms with Crippen molar-refractivity contribution in [3.8, 4) is 0 Å². The van der Waals surface area contributed by atoms with Gasteiger partial charge in [-0.2, -0.15) is 0 Å². The van der Waals surface area contributed by atoms with E-state index in [0.717, 1.165) is 31.8 Å². The number of benzene rings is 5. The highest BCUT2D eigenvalue weighted by atomic mass is 19.2. The van der Waals surface area contributed by atoms with E-state index < -0.39 is 34.8 Å². The molecule has 6 heteroatoms. The van der Waals surface area contributed by atoms with Gasteiger partial charge < -0.3 is 4.90 Å². The zero-order valence-electron chi connectivity index (χ0n) is 15.0. The zero-order chi connectivity index (χ0) is 20.4. The van der Waals surface area contributed by atoms with Crippen molar-refractivity contribution in [1.29, 1.82) is 0 Å². The van der Waals surface area contributed by atoms with E-state index in [2.05, 4.69) is 0 Å². The van der Waals surface area contributed by atoms with Gasteiger partial charge in [0, 0.05) is 18.1 Å². The number of nitrogens with zero attached hydrogens (tertiary/aromatic N) is 1. The Kier molecular flexibility index (Phi) is 3.68. The number of hydrogen-bond donors (Lipinski definition) is 0. The van der Waals surface area contributed by atoms with Crippen LogP contribution in [-0.4, -0.2) is 7.05 Å². The van der Waals surface area contributed by atoms with E-state index >= 15 is 0 Å². The first-order valence-corrected chi connectivity index (χ1v) is 8.82. The smallest absolute Gasteiger partial charge is 0.200 e. The van der Waals surface area contributed by atoms with Gasteiger partial charge in [-0.15, -0.1) is 0 Å². The predicted octanol–water partition coefficient (Wildman–Crippen LogP) is 7.05. The van der Waals surface area contributed by atoms with Gasteiger partial charge in [-0.3, -0.25) is 0 Å². The molecule has 5 aromatic rings. The Balaban J connectivity index is 1.85. The first kappa shape index (κ1) is 17.7. The van der Waals surface area contributed by atoms with Crippen LogP contribution in [0.1, 0.15) is 0 Å². The Morgan fingerprint density at radius 3 is 1.66 bits per heavy atom. The van der Waals surface area contributed by atoms with Gasteiger partial charge in [0.2, 0.25) is 5.82 Å². The van der Waals surface area contributed by atoms with E-state index in [4.69, 9.17) is 0 Å². The van der Waals surface area contributed by atoms with Gasteiger partial charge in [-0.1, -0.05) is 48.5 Å². The predicted molar refractivity (Wildman–Crippen MR) is 104 cm³/mol. The molecule has 0 aromatic heterocycles. The lowest BCUT2D eigenvalue weighted by atomic mass is 9.93. The molecule has 0 amide bonds. The molecule has 5 rings (SSSR count). The first-order valence-electron chi connectivity index (χ1n) is 8.82. The molecule has 0 aliphatic heterocycles. The van der Waals surface area contributed by atoms with E-state index in [9.17, 15) is 22.0 Å². The molecule has 0 N–H and O–H groups in total. The molecule has 0 saturated heterocycles. The summed E-state index contributed by atoms with van der Waals surface area (Å²) in [5, 5.41) is 5.41. The molecule has 0 heterocycles. The maximum Gasteiger partial charge on any atom is 0.200 e. The van der Waals surface area contributed by atoms with Crippen LogP contribution in [0.2, 0.25) is 0 Å². The molecular weight excluding hydrogens is 385 g/mol. The van der Waals surface area contributed by atoms with Crippen molar-refractivity contribution >= 4 is 43.7 Å². The van der Waals surface area contributed by atoms with Crippen LogP contribution in [-0.2, 0) is 0 Å². The lowest BCUT2D eigenvalue weighted by Crippen LogP contribution is -2.17. The number of hydrogen-bond acceptors (Lipinski definition) is 1. The summed E-state index contributed by atoms with van der Waals surface area (Å²) in [4.78, 5) is 1.00. The molecule has 1 nitrogen and oxygen atoms in total. The van der Waals surface area contributed by atoms with Crippen molar-refractivity contribution in [2.24, 2.45) is 0 Å². The summed E-state index contributed by atoms with van der Waals surface area (Å²) < 4.78 is 69.6. The molecule has 0 fully saturated rings. The Morgan fingerprint density at radius 1 is 0.552 bits per heavy atom. The fourth-order valence-electron chi connectivity index (χ4n) is 4.02. The highest BCUT2D eigenvalue weighted by molar-refractivity contribution is 6.25. The third-order valence-electron chi connectivity index (χ3n) is 5.39. The highest BCUT2D eigenvalue weighted by Crippen LogP contribution is 2.41. The average Bonchev–Trinajstić information content (AvgIpc) is 2.74. The molecule has 0 radical (unpaired) electrons. The lowest BCUT2D eigenvalue weighted by Gasteiger charge is -2.24. The van der Waals surface area contributed by atoms with E-state index in [0.29, 0.717) is 11.1 Å². The van der Waals surface area contributed by atoms with Crippen LogP contribution < -0.4 is 4.90 Å². The molecular formula is C23H12F5N. The number of rotatable bonds is 2. The second-order valence-corrected chi connectivity index (χ2v) is 6.92. The van der Waals surface area contributed by atoms with Crippen LogP contribution >= 0.6 is 0 Å². The third-order valence-corrected chi connectivity index (χ3v) is 5.39. The van der Waals surface area contributed by atoms with Crippen LogP contribution in [0.4, 0.5) is 33.3 Å². The normalized spacial score (nSPS) is 11.8. The summed E-state index contributed by atoms with van der Waals surface area (Å²) >= 11 is 0. The van der Waals surface area contributed by atoms with Gasteiger partial charge in [0.15, 0.2) is 23.3 Å². The van der Waals surface area contributed by atoms with Gasteiger partial charge in [-0.05, 0) is 33.0 Å². The standard InChI is InChI=1S/C23H12F5N/c1-29(23-21(27)19(25)18(24)20(26)22(23)28)15-10-8-13-6-5-11-3-2-4-12-7-9-14(15)17(13)16(11)12/h2-10H,1H3. The minimum atomic E-state index is -2.17. The lowest BCUT2D eigenvalue weighted by molar-refractivity contribution is 0.380. The summed E-state index contributed by atoms with van der Waals surface area (Å²) in [6, 6.07) is 16.8. The van der Waals surface area contributed by atoms with Crippen LogP contribution in [0.3, 0.4) is 0 Å². The molecule has 0 unspecified atom stereocenters. The quantitative estimate of drug-likeness (QED) is 0.134. The maximum absolute atomic E-state index is 14.4. The Labute approximate surface area is 161 Å². The van der Waals surface area contributed by atoms with E-state index in [1.165, 1.54) is 7.05 Å². The molecule has 5 aromatic carbocycles. The van der Waals surface area contributed by atoms with Crippen molar-refractivity contribution < 1.29 is 22.0 Å². The fourth-order valence-corrected chi connectivity index (χ4v) is 4.02. The van der Waals surface area contributed by atoms with Gasteiger partial charge >= 0.3 is 0 Å². The van der Waals surface area contributed by atoms with Crippen LogP contribution in [0.5, 0.6) is 0 Å². The minimum absolute atomic E-state index is 0.332. The third kappa shape index (κ3) is 2.32. The van der Waals surface area contributed by atoms with Gasteiger partial charge in [0.1, 0.15) is 5.69 Å². The maximum atomic E-state index is 14.4. The summed E-state index contributed by atoms with van der Waals surface area (Å²) in [7, 11) is 1.28. The van der Waals surface area contributed by atoms with E-state index in [-0.39, 0.29) is 0 Å². The average molecular weight is 397 g/mol. The molecule has 0 atom stereocenters. The molecule has 0 spiro atoms. The van der Waals surface area contributed by atoms with Gasteiger partial charge in [-0.25, -0.2) is 22.0 Å². The summed E-state index contributed by atoms with van der Waals surface area (Å²) in [5.41, 5.74) is -0.657. The molecule has 0 bridgehead atoms. The van der Waals surface area contributed by atoms with Crippen molar-refractivity contribution in [3.05, 3.63) is 83.7 Å². The Hall–Kier alpha value is -3.41. The van der Waals surface area contributed by atoms with E-state index in [1.54, 1.807) is 18.2 Å². The number of anilines is 2. The van der Waals surface area contributed by atoms with Crippen molar-refractivity contribution in [1.82, 2.24) is 0 Å². The van der Waals surface area contributed by atoms with Gasteiger partial charge in [0.05, 0.1) is 0 Å². The summed E-state index contributed by atoms with van der Waals surface area (Å²) in [5.74, 6) is -9.84. The Bertz CT molecular complexity index is 1380. The largest absolute Gasteiger partial charge is 0.339 e. The van der Waals surface area contributed by atoms with Crippen molar-refractivity contribution in [3.63, 3.8) is 0 Å². The highest BCUT2D eigenvalue weighted by Gasteiger charge is 2.29. The fraction of sp³-hybridized carbons (Fsp3) is 0.0435. The summed E-state index contributed by atoms with van der Waals surface area (Å²) in [6.45, 7) is 0. The molecule has 29 heavy (non-hydrogen) atoms. The molecule has 0 saturated carbocycles. The van der Waals surface area contributed by atoms with Crippen LogP contribution in [0, 0.1) is 29.1 Å². The van der Waals surface area contributed by atoms with Crippen molar-refractivity contribution in [2.75, 3.05) is 11.9 Å². The Morgan fingerprint density at radius 2 is 1.03 bits per heavy atom. The second kappa shape index (κ2) is 6.04. The number of halogens is 5. The summed E-state index contributed by atoms with van der Waals surface area (Å²) in [6.07, 6.45) is 0. The molecule has 0 aliphatic carbocycles. The van der Waals surface area contributed by atoms with Crippen molar-refractivity contribution in [2.45, 2.75) is 0 Å². The van der Waals surface area contributed by atoms with E-state index in [1.807, 2.05) is 36.4 Å². The van der Waals surface area contributed by atoms with Crippen LogP contribution in [0.15, 0.2) is 54.6 Å². The second-order valence-electron chi connectivity index (χ2n) is 6.92. The zero-order valence-corrected chi connectivity index (χ0v) is 15.0. The topological polar surface area (TPSA) is 3.24 Å². The SMILES string of the molecule is CN(c1c(F)c(F)c(F)c(F)c1F)c1ccc2ccc3cccc4ccc1c2c34. The minimum Gasteiger partial charge on any atom is -0.339 e.